The Balaban J connectivity index is 2.19. The van der Waals surface area contributed by atoms with Gasteiger partial charge in [-0.3, -0.25) is 0 Å². The molecule has 1 nitrogen and oxygen atoms in total. The molecule has 100 valence electrons. The van der Waals surface area contributed by atoms with Crippen molar-refractivity contribution in [3.05, 3.63) is 29.3 Å². The lowest BCUT2D eigenvalue weighted by Crippen LogP contribution is -2.26. The van der Waals surface area contributed by atoms with Crippen LogP contribution in [0.15, 0.2) is 18.2 Å². The van der Waals surface area contributed by atoms with E-state index in [4.69, 9.17) is 11.6 Å². The summed E-state index contributed by atoms with van der Waals surface area (Å²) < 4.78 is 0. The van der Waals surface area contributed by atoms with Gasteiger partial charge < -0.3 is 4.90 Å². The minimum absolute atomic E-state index is 0.403. The molecule has 0 N–H and O–H groups in total. The van der Waals surface area contributed by atoms with Gasteiger partial charge in [-0.15, -0.1) is 11.6 Å². The van der Waals surface area contributed by atoms with Gasteiger partial charge in [0.1, 0.15) is 0 Å². The molecule has 1 aromatic rings. The fourth-order valence-electron chi connectivity index (χ4n) is 2.82. The smallest absolute Gasteiger partial charge is 0.0494 e. The number of anilines is 1. The van der Waals surface area contributed by atoms with Crippen molar-refractivity contribution in [1.29, 1.82) is 0 Å². The molecule has 0 aliphatic carbocycles. The summed E-state index contributed by atoms with van der Waals surface area (Å²) >= 11 is 6.08. The van der Waals surface area contributed by atoms with E-state index in [0.29, 0.717) is 11.3 Å². The van der Waals surface area contributed by atoms with Crippen LogP contribution in [0, 0.1) is 18.3 Å². The van der Waals surface area contributed by atoms with Crippen molar-refractivity contribution < 1.29 is 0 Å². The van der Waals surface area contributed by atoms with Gasteiger partial charge in [0.25, 0.3) is 0 Å². The number of aryl methyl sites for hydroxylation is 1. The molecule has 0 saturated carbocycles. The molecular weight excluding hydrogens is 242 g/mol. The van der Waals surface area contributed by atoms with Crippen LogP contribution in [0.2, 0.25) is 0 Å². The Morgan fingerprint density at radius 2 is 2.06 bits per heavy atom. The van der Waals surface area contributed by atoms with Crippen LogP contribution in [-0.2, 0) is 5.88 Å². The molecule has 1 unspecified atom stereocenters. The highest BCUT2D eigenvalue weighted by Gasteiger charge is 2.32. The molecule has 2 rings (SSSR count). The maximum absolute atomic E-state index is 6.08. The molecule has 0 aromatic heterocycles. The Morgan fingerprint density at radius 3 is 2.61 bits per heavy atom. The molecule has 1 aliphatic rings. The zero-order chi connectivity index (χ0) is 13.3. The van der Waals surface area contributed by atoms with Crippen LogP contribution >= 0.6 is 11.6 Å². The van der Waals surface area contributed by atoms with Crippen LogP contribution in [0.1, 0.15) is 38.3 Å². The van der Waals surface area contributed by atoms with E-state index in [2.05, 4.69) is 50.8 Å². The molecule has 0 amide bonds. The van der Waals surface area contributed by atoms with E-state index in [1.807, 2.05) is 0 Å². The third kappa shape index (κ3) is 2.83. The Kier molecular flexibility index (Phi) is 3.91. The zero-order valence-electron chi connectivity index (χ0n) is 12.0. The number of hydrogen-bond donors (Lipinski definition) is 0. The lowest BCUT2D eigenvalue weighted by Gasteiger charge is -2.28. The molecule has 1 aromatic carbocycles. The van der Waals surface area contributed by atoms with Gasteiger partial charge in [0.15, 0.2) is 0 Å². The first-order chi connectivity index (χ1) is 8.41. The van der Waals surface area contributed by atoms with E-state index in [-0.39, 0.29) is 0 Å². The minimum Gasteiger partial charge on any atom is -0.371 e. The monoisotopic (exact) mass is 265 g/mol. The highest BCUT2D eigenvalue weighted by Crippen LogP contribution is 2.37. The maximum atomic E-state index is 6.08. The van der Waals surface area contributed by atoms with Crippen LogP contribution in [0.3, 0.4) is 0 Å². The van der Waals surface area contributed by atoms with Gasteiger partial charge >= 0.3 is 0 Å². The third-order valence-corrected chi connectivity index (χ3v) is 4.42. The average molecular weight is 266 g/mol. The first-order valence-electron chi connectivity index (χ1n) is 6.82. The fourth-order valence-corrected chi connectivity index (χ4v) is 3.03. The van der Waals surface area contributed by atoms with Crippen LogP contribution < -0.4 is 4.90 Å². The zero-order valence-corrected chi connectivity index (χ0v) is 12.7. The quantitative estimate of drug-likeness (QED) is 0.706. The molecule has 1 fully saturated rings. The second-order valence-corrected chi connectivity index (χ2v) is 6.83. The number of hydrogen-bond acceptors (Lipinski definition) is 1. The minimum atomic E-state index is 0.403. The Hall–Kier alpha value is -0.690. The summed E-state index contributed by atoms with van der Waals surface area (Å²) in [5, 5.41) is 0. The van der Waals surface area contributed by atoms with E-state index < -0.39 is 0 Å². The summed E-state index contributed by atoms with van der Waals surface area (Å²) in [7, 11) is 0. The van der Waals surface area contributed by atoms with Gasteiger partial charge in [0, 0.05) is 24.7 Å². The Bertz CT molecular complexity index is 420. The van der Waals surface area contributed by atoms with Gasteiger partial charge in [0.2, 0.25) is 0 Å². The van der Waals surface area contributed by atoms with E-state index in [9.17, 15) is 0 Å². The van der Waals surface area contributed by atoms with Crippen LogP contribution in [0.25, 0.3) is 0 Å². The van der Waals surface area contributed by atoms with Gasteiger partial charge in [0.05, 0.1) is 0 Å². The van der Waals surface area contributed by atoms with Crippen LogP contribution in [0.5, 0.6) is 0 Å². The summed E-state index contributed by atoms with van der Waals surface area (Å²) in [6.07, 6.45) is 1.29. The Morgan fingerprint density at radius 1 is 1.33 bits per heavy atom. The molecule has 0 spiro atoms. The highest BCUT2D eigenvalue weighted by atomic mass is 35.5. The van der Waals surface area contributed by atoms with E-state index in [0.717, 1.165) is 19.0 Å². The highest BCUT2D eigenvalue weighted by molar-refractivity contribution is 6.17. The van der Waals surface area contributed by atoms with Crippen LogP contribution in [-0.4, -0.2) is 13.1 Å². The van der Waals surface area contributed by atoms with E-state index in [1.165, 1.54) is 23.2 Å². The first-order valence-corrected chi connectivity index (χ1v) is 7.35. The normalized spacial score (nSPS) is 20.5. The predicted molar refractivity (Wildman–Crippen MR) is 80.5 cm³/mol. The number of nitrogens with zero attached hydrogens (tertiary/aromatic N) is 1. The summed E-state index contributed by atoms with van der Waals surface area (Å²) in [5.41, 5.74) is 4.30. The second-order valence-electron chi connectivity index (χ2n) is 6.56. The van der Waals surface area contributed by atoms with E-state index >= 15 is 0 Å². The van der Waals surface area contributed by atoms with Crippen molar-refractivity contribution in [3.63, 3.8) is 0 Å². The molecule has 2 heteroatoms. The molecule has 0 radical (unpaired) electrons. The lowest BCUT2D eigenvalue weighted by atomic mass is 9.80. The van der Waals surface area contributed by atoms with Crippen molar-refractivity contribution in [2.75, 3.05) is 18.0 Å². The maximum Gasteiger partial charge on any atom is 0.0494 e. The third-order valence-electron chi connectivity index (χ3n) is 4.13. The molecule has 18 heavy (non-hydrogen) atoms. The van der Waals surface area contributed by atoms with Crippen molar-refractivity contribution in [1.82, 2.24) is 0 Å². The SMILES string of the molecule is Cc1ccc(N2CCC(C(C)(C)C)C2)c(CCl)c1. The summed E-state index contributed by atoms with van der Waals surface area (Å²) in [5.74, 6) is 1.38. The number of alkyl halides is 1. The first kappa shape index (κ1) is 13.7. The Labute approximate surface area is 116 Å². The number of benzene rings is 1. The van der Waals surface area contributed by atoms with Gasteiger partial charge in [-0.25, -0.2) is 0 Å². The largest absolute Gasteiger partial charge is 0.371 e. The van der Waals surface area contributed by atoms with Gasteiger partial charge in [-0.1, -0.05) is 38.5 Å². The summed E-state index contributed by atoms with van der Waals surface area (Å²) in [4.78, 5) is 2.51. The van der Waals surface area contributed by atoms with Gasteiger partial charge in [-0.2, -0.15) is 0 Å². The second kappa shape index (κ2) is 5.13. The summed E-state index contributed by atoms with van der Waals surface area (Å²) in [6.45, 7) is 11.5. The fraction of sp³-hybridized carbons (Fsp3) is 0.625. The number of halogens is 1. The van der Waals surface area contributed by atoms with Crippen molar-refractivity contribution in [2.24, 2.45) is 11.3 Å². The summed E-state index contributed by atoms with van der Waals surface area (Å²) in [6, 6.07) is 6.64. The lowest BCUT2D eigenvalue weighted by molar-refractivity contribution is 0.263. The molecule has 1 heterocycles. The molecular formula is C16H24ClN. The van der Waals surface area contributed by atoms with Crippen molar-refractivity contribution in [2.45, 2.75) is 40.0 Å². The van der Waals surface area contributed by atoms with Crippen molar-refractivity contribution >= 4 is 17.3 Å². The molecule has 1 aliphatic heterocycles. The standard InChI is InChI=1S/C16H24ClN/c1-12-5-6-15(13(9-12)10-17)18-8-7-14(11-18)16(2,3)4/h5-6,9,14H,7-8,10-11H2,1-4H3. The molecule has 1 saturated heterocycles. The average Bonchev–Trinajstić information content (AvgIpc) is 2.77. The van der Waals surface area contributed by atoms with Gasteiger partial charge in [-0.05, 0) is 36.3 Å². The predicted octanol–water partition coefficient (Wildman–Crippen LogP) is 4.61. The number of rotatable bonds is 2. The van der Waals surface area contributed by atoms with Crippen molar-refractivity contribution in [3.8, 4) is 0 Å². The van der Waals surface area contributed by atoms with E-state index in [1.54, 1.807) is 0 Å². The topological polar surface area (TPSA) is 3.24 Å². The molecule has 0 bridgehead atoms. The van der Waals surface area contributed by atoms with Crippen LogP contribution in [0.4, 0.5) is 5.69 Å². The molecule has 1 atom stereocenters.